The molecule has 0 aliphatic carbocycles. The molecule has 0 bridgehead atoms. The number of rotatable bonds is 23. The highest BCUT2D eigenvalue weighted by molar-refractivity contribution is 5.97. The van der Waals surface area contributed by atoms with E-state index in [1.165, 1.54) is 10.5 Å². The molecule has 2 heterocycles. The van der Waals surface area contributed by atoms with Gasteiger partial charge in [-0.05, 0) is 82.4 Å². The predicted octanol–water partition coefficient (Wildman–Crippen LogP) is 3.65. The third kappa shape index (κ3) is 12.5. The number of hydrogen-bond acceptors (Lipinski definition) is 9. The molecular formula is C46H63N7O9. The summed E-state index contributed by atoms with van der Waals surface area (Å²) in [4.78, 5) is 94.4. The smallest absolute Gasteiger partial charge is 0.326 e. The van der Waals surface area contributed by atoms with Crippen LogP contribution in [0.15, 0.2) is 77.9 Å². The van der Waals surface area contributed by atoms with E-state index in [0.29, 0.717) is 12.8 Å². The van der Waals surface area contributed by atoms with Crippen LogP contribution in [0.1, 0.15) is 104 Å². The van der Waals surface area contributed by atoms with Crippen molar-refractivity contribution < 1.29 is 43.8 Å². The number of carboxylic acid groups (broad SMARTS) is 2. The number of para-hydroxylation sites is 1. The number of fused-ring (bicyclic) bond motifs is 3. The van der Waals surface area contributed by atoms with Crippen molar-refractivity contribution in [3.63, 3.8) is 0 Å². The van der Waals surface area contributed by atoms with Gasteiger partial charge in [-0.1, -0.05) is 92.1 Å². The number of amides is 5. The highest BCUT2D eigenvalue weighted by atomic mass is 16.4. The van der Waals surface area contributed by atoms with E-state index >= 15 is 4.79 Å². The molecule has 1 fully saturated rings. The number of nitrogens with one attached hydrogen (secondary N) is 4. The number of hydrogen-bond donors (Lipinski definition) is 8. The summed E-state index contributed by atoms with van der Waals surface area (Å²) in [5, 5.41) is 30.8. The molecule has 0 saturated carbocycles. The first-order valence-corrected chi connectivity index (χ1v) is 21.3. The Morgan fingerprint density at radius 1 is 0.855 bits per heavy atom. The van der Waals surface area contributed by atoms with Gasteiger partial charge in [-0.25, -0.2) is 4.79 Å². The molecule has 2 aromatic rings. The summed E-state index contributed by atoms with van der Waals surface area (Å²) in [6.45, 7) is 9.86. The van der Waals surface area contributed by atoms with E-state index < -0.39 is 96.1 Å². The molecule has 0 aromatic heterocycles. The number of carbonyl (C=O) groups is 7. The number of carboxylic acids is 2. The lowest BCUT2D eigenvalue weighted by Crippen LogP contribution is -2.61. The van der Waals surface area contributed by atoms with E-state index in [1.54, 1.807) is 0 Å². The Bertz CT molecular complexity index is 2020. The molecule has 2 aromatic carbocycles. The molecule has 62 heavy (non-hydrogen) atoms. The van der Waals surface area contributed by atoms with Crippen LogP contribution in [0.3, 0.4) is 0 Å². The maximum absolute atomic E-state index is 15.4. The van der Waals surface area contributed by atoms with Gasteiger partial charge in [0.2, 0.25) is 29.5 Å². The Morgan fingerprint density at radius 3 is 2.13 bits per heavy atom. The van der Waals surface area contributed by atoms with Crippen LogP contribution >= 0.6 is 0 Å². The van der Waals surface area contributed by atoms with E-state index in [1.807, 2.05) is 89.2 Å². The van der Waals surface area contributed by atoms with E-state index in [9.17, 15) is 39.0 Å². The molecule has 336 valence electrons. The van der Waals surface area contributed by atoms with Crippen LogP contribution in [0.5, 0.6) is 0 Å². The molecule has 0 spiro atoms. The maximum atomic E-state index is 15.4. The Morgan fingerprint density at radius 2 is 1.50 bits per heavy atom. The molecule has 10 N–H and O–H groups in total. The average Bonchev–Trinajstić information content (AvgIpc) is 3.72. The van der Waals surface area contributed by atoms with Crippen molar-refractivity contribution in [2.45, 2.75) is 141 Å². The van der Waals surface area contributed by atoms with Crippen LogP contribution in [0, 0.1) is 5.92 Å². The summed E-state index contributed by atoms with van der Waals surface area (Å²) in [5.74, 6) is -6.62. The minimum absolute atomic E-state index is 0.0606. The Kier molecular flexibility index (Phi) is 17.4. The summed E-state index contributed by atoms with van der Waals surface area (Å²) in [5.41, 5.74) is 15.4. The number of allylic oxidation sites excluding steroid dienone is 4. The standard InChI is InChI=1S/C46H63N7O9/c1-6-29(5)39(48)42(59)51-35(25-30-15-8-7-9-16-30)43(60)53-36(41(58)49-33(20-22-38(55)56)40(57)50-34(44(61)62)19-21-37(47)54)26-46(24-23-28(4)14-12-13-27(2)3)31-17-10-11-18-32(31)52-45(46)53/h7-11,13,15-18,23,29,33-36,39,45,52H,6,12,14,19-22,24-26,48H2,1-5H3,(H2,47,54)(H,49,58)(H,50,57)(H,51,59)(H,55,56)(H,61,62)/b28-23+/t29-,33-,34-,35-,36-,39-,45+,46+/m0/s1. The van der Waals surface area contributed by atoms with Gasteiger partial charge in [-0.15, -0.1) is 0 Å². The molecule has 8 atom stereocenters. The fraction of sp³-hybridized carbons (Fsp3) is 0.500. The molecular weight excluding hydrogens is 795 g/mol. The number of nitrogens with two attached hydrogens (primary N) is 2. The maximum Gasteiger partial charge on any atom is 0.326 e. The molecule has 2 aliphatic rings. The third-order valence-corrected chi connectivity index (χ3v) is 11.9. The van der Waals surface area contributed by atoms with Crippen LogP contribution in [0.2, 0.25) is 0 Å². The van der Waals surface area contributed by atoms with Gasteiger partial charge in [0, 0.05) is 30.4 Å². The lowest BCUT2D eigenvalue weighted by atomic mass is 9.74. The minimum Gasteiger partial charge on any atom is -0.481 e. The second-order valence-corrected chi connectivity index (χ2v) is 16.8. The van der Waals surface area contributed by atoms with E-state index in [4.69, 9.17) is 11.5 Å². The van der Waals surface area contributed by atoms with Gasteiger partial charge in [0.15, 0.2) is 0 Å². The summed E-state index contributed by atoms with van der Waals surface area (Å²) < 4.78 is 0. The monoisotopic (exact) mass is 857 g/mol. The zero-order valence-electron chi connectivity index (χ0n) is 36.3. The zero-order chi connectivity index (χ0) is 45.7. The molecule has 0 radical (unpaired) electrons. The molecule has 16 nitrogen and oxygen atoms in total. The lowest BCUT2D eigenvalue weighted by molar-refractivity contribution is -0.145. The number of aliphatic carboxylic acids is 2. The first kappa shape index (κ1) is 48.6. The lowest BCUT2D eigenvalue weighted by Gasteiger charge is -2.36. The highest BCUT2D eigenvalue weighted by Gasteiger charge is 2.61. The van der Waals surface area contributed by atoms with Gasteiger partial charge in [0.05, 0.1) is 6.04 Å². The fourth-order valence-corrected chi connectivity index (χ4v) is 8.14. The van der Waals surface area contributed by atoms with Gasteiger partial charge in [-0.3, -0.25) is 28.8 Å². The van der Waals surface area contributed by atoms with Gasteiger partial charge >= 0.3 is 11.9 Å². The topological polar surface area (TPSA) is 263 Å². The summed E-state index contributed by atoms with van der Waals surface area (Å²) in [6, 6.07) is 10.2. The normalized spacial score (nSPS) is 20.2. The number of benzene rings is 2. The quantitative estimate of drug-likeness (QED) is 0.0748. The van der Waals surface area contributed by atoms with Crippen LogP contribution in [0.25, 0.3) is 0 Å². The zero-order valence-corrected chi connectivity index (χ0v) is 36.3. The van der Waals surface area contributed by atoms with Crippen molar-refractivity contribution in [1.29, 1.82) is 0 Å². The van der Waals surface area contributed by atoms with E-state index in [0.717, 1.165) is 35.2 Å². The third-order valence-electron chi connectivity index (χ3n) is 11.9. The van der Waals surface area contributed by atoms with Gasteiger partial charge in [-0.2, -0.15) is 0 Å². The Hall–Kier alpha value is -6.03. The summed E-state index contributed by atoms with van der Waals surface area (Å²) in [6.07, 6.45) is 4.54. The van der Waals surface area contributed by atoms with Crippen LogP contribution in [-0.4, -0.2) is 93.0 Å². The molecule has 1 saturated heterocycles. The van der Waals surface area contributed by atoms with Crippen molar-refractivity contribution >= 4 is 47.2 Å². The Labute approximate surface area is 363 Å². The number of likely N-dealkylation sites (tertiary alicyclic amines) is 1. The molecule has 2 aliphatic heterocycles. The average molecular weight is 858 g/mol. The number of carbonyl (C=O) groups excluding carboxylic acids is 5. The molecule has 5 amide bonds. The van der Waals surface area contributed by atoms with Crippen LogP contribution < -0.4 is 32.7 Å². The van der Waals surface area contributed by atoms with Crippen molar-refractivity contribution in [3.05, 3.63) is 89.0 Å². The number of primary amides is 1. The number of anilines is 1. The van der Waals surface area contributed by atoms with Crippen molar-refractivity contribution in [1.82, 2.24) is 20.9 Å². The number of nitrogens with zero attached hydrogens (tertiary/aromatic N) is 1. The largest absolute Gasteiger partial charge is 0.481 e. The summed E-state index contributed by atoms with van der Waals surface area (Å²) >= 11 is 0. The highest BCUT2D eigenvalue weighted by Crippen LogP contribution is 2.53. The molecule has 16 heteroatoms. The van der Waals surface area contributed by atoms with Crippen molar-refractivity contribution in [2.75, 3.05) is 5.32 Å². The molecule has 0 unspecified atom stereocenters. The fourth-order valence-electron chi connectivity index (χ4n) is 8.14. The second kappa shape index (κ2) is 22.2. The van der Waals surface area contributed by atoms with E-state index in [-0.39, 0.29) is 31.6 Å². The second-order valence-electron chi connectivity index (χ2n) is 16.8. The van der Waals surface area contributed by atoms with Gasteiger partial charge < -0.3 is 47.8 Å². The predicted molar refractivity (Wildman–Crippen MR) is 234 cm³/mol. The first-order valence-electron chi connectivity index (χ1n) is 21.3. The molecule has 4 rings (SSSR count). The van der Waals surface area contributed by atoms with Crippen LogP contribution in [-0.2, 0) is 45.4 Å². The summed E-state index contributed by atoms with van der Waals surface area (Å²) in [7, 11) is 0. The van der Waals surface area contributed by atoms with Crippen LogP contribution in [0.4, 0.5) is 5.69 Å². The van der Waals surface area contributed by atoms with E-state index in [2.05, 4.69) is 33.4 Å². The SMILES string of the molecule is CC[C@H](C)[C@H](N)C(=O)N[C@@H](Cc1ccccc1)C(=O)N1[C@H]2Nc3ccccc3[C@@]2(C/C=C(\C)CCC=C(C)C)C[C@H]1C(=O)N[C@@H](CCC(=O)O)C(=O)N[C@@H](CCC(N)=O)C(=O)O. The van der Waals surface area contributed by atoms with Crippen molar-refractivity contribution in [3.8, 4) is 0 Å². The van der Waals surface area contributed by atoms with Gasteiger partial charge in [0.1, 0.15) is 30.3 Å². The minimum atomic E-state index is -1.57. The first-order chi connectivity index (χ1) is 29.4. The van der Waals surface area contributed by atoms with Gasteiger partial charge in [0.25, 0.3) is 0 Å². The Balaban J connectivity index is 1.83. The van der Waals surface area contributed by atoms with Crippen molar-refractivity contribution in [2.24, 2.45) is 17.4 Å².